The van der Waals surface area contributed by atoms with E-state index in [2.05, 4.69) is 10.4 Å². The van der Waals surface area contributed by atoms with E-state index in [0.717, 1.165) is 0 Å². The van der Waals surface area contributed by atoms with Crippen LogP contribution in [0.2, 0.25) is 0 Å². The zero-order chi connectivity index (χ0) is 11.0. The monoisotopic (exact) mass is 207 g/mol. The molecule has 0 aromatic carbocycles. The third-order valence-corrected chi connectivity index (χ3v) is 2.10. The topological polar surface area (TPSA) is 114 Å². The fourth-order valence-electron chi connectivity index (χ4n) is 1.34. The van der Waals surface area contributed by atoms with Gasteiger partial charge in [0.15, 0.2) is 5.82 Å². The average molecular weight is 207 g/mol. The van der Waals surface area contributed by atoms with E-state index in [1.165, 1.54) is 17.4 Å². The Hall–Kier alpha value is -2.15. The second kappa shape index (κ2) is 3.21. The normalized spacial score (nSPS) is 18.9. The maximum atomic E-state index is 11.0. The maximum absolute atomic E-state index is 11.0. The number of carbonyl (C=O) groups is 2. The number of amides is 2. The molecule has 7 nitrogen and oxygen atoms in total. The number of nitrogens with one attached hydrogen (secondary N) is 1. The van der Waals surface area contributed by atoms with Crippen LogP contribution in [-0.4, -0.2) is 29.6 Å². The first-order valence-electron chi connectivity index (χ1n) is 4.21. The van der Waals surface area contributed by atoms with Gasteiger partial charge in [-0.2, -0.15) is 0 Å². The number of rotatable bonds is 2. The Labute approximate surface area is 85.1 Å². The molecule has 2 heterocycles. The summed E-state index contributed by atoms with van der Waals surface area (Å²) in [6.07, 6.45) is 2.78. The maximum Gasteiger partial charge on any atom is 0.251 e. The number of hydrogen-bond donors (Lipinski definition) is 3. The Kier molecular flexibility index (Phi) is 2.01. The predicted octanol–water partition coefficient (Wildman–Crippen LogP) is -2.04. The van der Waals surface area contributed by atoms with E-state index in [1.807, 2.05) is 0 Å². The summed E-state index contributed by atoms with van der Waals surface area (Å²) in [4.78, 5) is 25.8. The van der Waals surface area contributed by atoms with Crippen molar-refractivity contribution in [1.29, 1.82) is 0 Å². The number of nitrogens with two attached hydrogens (primary N) is 2. The van der Waals surface area contributed by atoms with Crippen LogP contribution >= 0.6 is 0 Å². The van der Waals surface area contributed by atoms with Crippen molar-refractivity contribution in [2.45, 2.75) is 0 Å². The van der Waals surface area contributed by atoms with Gasteiger partial charge in [-0.05, 0) is 0 Å². The highest BCUT2D eigenvalue weighted by Crippen LogP contribution is 2.20. The van der Waals surface area contributed by atoms with Gasteiger partial charge in [-0.1, -0.05) is 0 Å². The molecule has 0 spiro atoms. The molecule has 0 aromatic heterocycles. The molecule has 0 saturated heterocycles. The van der Waals surface area contributed by atoms with Gasteiger partial charge in [0.1, 0.15) is 0 Å². The molecule has 2 aliphatic rings. The van der Waals surface area contributed by atoms with E-state index in [4.69, 9.17) is 11.5 Å². The quantitative estimate of drug-likeness (QED) is 0.483. The molecular formula is C8H9N5O2. The lowest BCUT2D eigenvalue weighted by atomic mass is 10.2. The number of nitrogens with zero attached hydrogens (tertiary/aromatic N) is 2. The molecule has 2 rings (SSSR count). The van der Waals surface area contributed by atoms with Crippen molar-refractivity contribution < 1.29 is 9.59 Å². The number of aliphatic imine (C=N–C) groups is 1. The van der Waals surface area contributed by atoms with Crippen LogP contribution in [0.1, 0.15) is 0 Å². The molecule has 0 fully saturated rings. The van der Waals surface area contributed by atoms with Gasteiger partial charge < -0.3 is 11.5 Å². The first-order chi connectivity index (χ1) is 7.09. The molecule has 7 heteroatoms. The van der Waals surface area contributed by atoms with Crippen molar-refractivity contribution in [2.24, 2.45) is 16.5 Å². The summed E-state index contributed by atoms with van der Waals surface area (Å²) in [6, 6.07) is 0. The molecule has 0 aromatic rings. The summed E-state index contributed by atoms with van der Waals surface area (Å²) in [6.45, 7) is 0.296. The van der Waals surface area contributed by atoms with Crippen LogP contribution in [0.4, 0.5) is 0 Å². The standard InChI is InChI=1S/C8H9N5O2/c9-6(14)4-1-11-8-5(7(10)15)2-12-13(8)3-4/h1,3,12H,2H2,(H2,9,14)(H2,10,15). The van der Waals surface area contributed by atoms with Gasteiger partial charge in [0.2, 0.25) is 5.91 Å². The van der Waals surface area contributed by atoms with E-state index in [1.54, 1.807) is 0 Å². The highest BCUT2D eigenvalue weighted by Gasteiger charge is 2.26. The molecule has 0 saturated carbocycles. The van der Waals surface area contributed by atoms with E-state index < -0.39 is 11.8 Å². The van der Waals surface area contributed by atoms with Crippen LogP contribution in [0.25, 0.3) is 0 Å². The first-order valence-corrected chi connectivity index (χ1v) is 4.21. The predicted molar refractivity (Wildman–Crippen MR) is 51.8 cm³/mol. The molecular weight excluding hydrogens is 198 g/mol. The molecule has 0 bridgehead atoms. The molecule has 78 valence electrons. The van der Waals surface area contributed by atoms with Crippen LogP contribution in [0.3, 0.4) is 0 Å². The minimum Gasteiger partial charge on any atom is -0.366 e. The van der Waals surface area contributed by atoms with E-state index in [9.17, 15) is 9.59 Å². The number of fused-ring (bicyclic) bond motifs is 1. The lowest BCUT2D eigenvalue weighted by molar-refractivity contribution is -0.115. The van der Waals surface area contributed by atoms with Crippen LogP contribution in [0.15, 0.2) is 28.2 Å². The zero-order valence-electron chi connectivity index (χ0n) is 7.73. The highest BCUT2D eigenvalue weighted by atomic mass is 16.1. The largest absolute Gasteiger partial charge is 0.366 e. The van der Waals surface area contributed by atoms with Gasteiger partial charge in [0.05, 0.1) is 11.1 Å². The van der Waals surface area contributed by atoms with Gasteiger partial charge in [0.25, 0.3) is 5.91 Å². The van der Waals surface area contributed by atoms with Gasteiger partial charge >= 0.3 is 0 Å². The van der Waals surface area contributed by atoms with Gasteiger partial charge in [-0.3, -0.25) is 14.6 Å². The summed E-state index contributed by atoms with van der Waals surface area (Å²) in [5.74, 6) is -0.701. The fraction of sp³-hybridized carbons (Fsp3) is 0.125. The number of hydrogen-bond acceptors (Lipinski definition) is 5. The van der Waals surface area contributed by atoms with Crippen molar-refractivity contribution in [3.8, 4) is 0 Å². The van der Waals surface area contributed by atoms with Crippen molar-refractivity contribution >= 4 is 18.0 Å². The second-order valence-corrected chi connectivity index (χ2v) is 3.08. The van der Waals surface area contributed by atoms with Crippen molar-refractivity contribution in [3.63, 3.8) is 0 Å². The summed E-state index contributed by atoms with van der Waals surface area (Å²) >= 11 is 0. The van der Waals surface area contributed by atoms with E-state index in [-0.39, 0.29) is 5.57 Å². The summed E-state index contributed by atoms with van der Waals surface area (Å²) in [5, 5.41) is 1.46. The minimum atomic E-state index is -0.577. The SMILES string of the molecule is NC(=O)C1=CN2NCC(C(N)=O)=C2N=C1. The smallest absolute Gasteiger partial charge is 0.251 e. The minimum absolute atomic E-state index is 0.261. The molecule has 5 N–H and O–H groups in total. The Morgan fingerprint density at radius 2 is 2.13 bits per heavy atom. The lowest BCUT2D eigenvalue weighted by Crippen LogP contribution is -2.30. The number of hydrazine groups is 1. The fourth-order valence-corrected chi connectivity index (χ4v) is 1.34. The Morgan fingerprint density at radius 3 is 2.73 bits per heavy atom. The van der Waals surface area contributed by atoms with Crippen LogP contribution in [-0.2, 0) is 9.59 Å². The number of carbonyl (C=O) groups excluding carboxylic acids is 2. The van der Waals surface area contributed by atoms with E-state index in [0.29, 0.717) is 17.9 Å². The molecule has 0 radical (unpaired) electrons. The molecule has 2 aliphatic heterocycles. The van der Waals surface area contributed by atoms with Crippen LogP contribution in [0.5, 0.6) is 0 Å². The van der Waals surface area contributed by atoms with Gasteiger partial charge in [-0.25, -0.2) is 10.4 Å². The van der Waals surface area contributed by atoms with Crippen LogP contribution < -0.4 is 16.9 Å². The zero-order valence-corrected chi connectivity index (χ0v) is 7.73. The van der Waals surface area contributed by atoms with E-state index >= 15 is 0 Å². The molecule has 0 unspecified atom stereocenters. The number of primary amides is 2. The Balaban J connectivity index is 2.35. The second-order valence-electron chi connectivity index (χ2n) is 3.08. The first kappa shape index (κ1) is 9.41. The molecule has 0 aliphatic carbocycles. The Morgan fingerprint density at radius 1 is 1.40 bits per heavy atom. The average Bonchev–Trinajstić information content (AvgIpc) is 2.59. The van der Waals surface area contributed by atoms with Crippen molar-refractivity contribution in [1.82, 2.24) is 10.4 Å². The van der Waals surface area contributed by atoms with Crippen LogP contribution in [0, 0.1) is 0 Å². The third-order valence-electron chi connectivity index (χ3n) is 2.10. The molecule has 2 amide bonds. The summed E-state index contributed by atoms with van der Waals surface area (Å²) in [7, 11) is 0. The summed E-state index contributed by atoms with van der Waals surface area (Å²) < 4.78 is 0. The molecule has 0 atom stereocenters. The molecule has 15 heavy (non-hydrogen) atoms. The van der Waals surface area contributed by atoms with Gasteiger partial charge in [-0.15, -0.1) is 0 Å². The third kappa shape index (κ3) is 1.48. The Bertz CT molecular complexity index is 434. The summed E-state index contributed by atoms with van der Waals surface area (Å²) in [5.41, 5.74) is 13.7. The van der Waals surface area contributed by atoms with Crippen molar-refractivity contribution in [3.05, 3.63) is 23.2 Å². The van der Waals surface area contributed by atoms with Crippen molar-refractivity contribution in [2.75, 3.05) is 6.54 Å². The highest BCUT2D eigenvalue weighted by molar-refractivity contribution is 6.12. The lowest BCUT2D eigenvalue weighted by Gasteiger charge is -2.18. The van der Waals surface area contributed by atoms with Gasteiger partial charge in [0, 0.05) is 19.0 Å².